The number of nitriles is 1. The molecule has 134 valence electrons. The molecule has 0 aromatic heterocycles. The van der Waals surface area contributed by atoms with Gasteiger partial charge in [-0.1, -0.05) is 12.1 Å². The van der Waals surface area contributed by atoms with E-state index < -0.39 is 0 Å². The van der Waals surface area contributed by atoms with Crippen LogP contribution in [0, 0.1) is 17.2 Å². The lowest BCUT2D eigenvalue weighted by molar-refractivity contribution is 0.204. The zero-order chi connectivity index (χ0) is 17.8. The molecule has 1 aromatic carbocycles. The quantitative estimate of drug-likeness (QED) is 0.890. The van der Waals surface area contributed by atoms with Gasteiger partial charge in [0, 0.05) is 18.3 Å². The molecule has 1 aromatic rings. The van der Waals surface area contributed by atoms with Crippen molar-refractivity contribution in [2.75, 3.05) is 32.0 Å². The minimum absolute atomic E-state index is 0.0786. The number of likely N-dealkylation sites (tertiary alicyclic amines) is 1. The number of urea groups is 1. The van der Waals surface area contributed by atoms with Crippen LogP contribution in [0.15, 0.2) is 24.3 Å². The molecule has 1 heterocycles. The van der Waals surface area contributed by atoms with Crippen molar-refractivity contribution in [2.45, 2.75) is 44.6 Å². The largest absolute Gasteiger partial charge is 0.322 e. The summed E-state index contributed by atoms with van der Waals surface area (Å²) in [6.07, 6.45) is 4.42. The summed E-state index contributed by atoms with van der Waals surface area (Å²) in [6.45, 7) is 4.62. The number of nitrogens with one attached hydrogen (secondary N) is 1. The number of carbonyl (C=O) groups excluding carboxylic acids is 1. The highest BCUT2D eigenvalue weighted by Crippen LogP contribution is 2.30. The van der Waals surface area contributed by atoms with Crippen LogP contribution < -0.4 is 5.32 Å². The number of piperidine rings is 1. The van der Waals surface area contributed by atoms with E-state index in [1.165, 1.54) is 18.4 Å². The molecule has 5 heteroatoms. The first-order valence-electron chi connectivity index (χ1n) is 9.32. The highest BCUT2D eigenvalue weighted by atomic mass is 16.2. The standard InChI is InChI=1S/C20H28N4O/c1-15(13-21)14-24(19-6-7-19)20(25)22-18-5-3-4-17(12-18)16-8-10-23(2)11-9-16/h3-5,12,15-16,19H,6-11,14H2,1-2H3,(H,22,25). The zero-order valence-electron chi connectivity index (χ0n) is 15.2. The molecule has 2 fully saturated rings. The Morgan fingerprint density at radius 1 is 1.36 bits per heavy atom. The fourth-order valence-corrected chi connectivity index (χ4v) is 3.53. The second-order valence-electron chi connectivity index (χ2n) is 7.55. The Hall–Kier alpha value is -2.06. The second-order valence-corrected chi connectivity index (χ2v) is 7.55. The molecule has 1 N–H and O–H groups in total. The summed E-state index contributed by atoms with van der Waals surface area (Å²) >= 11 is 0. The Kier molecular flexibility index (Phi) is 5.60. The van der Waals surface area contributed by atoms with E-state index in [0.29, 0.717) is 18.5 Å². The normalized spacial score (nSPS) is 19.9. The summed E-state index contributed by atoms with van der Waals surface area (Å²) < 4.78 is 0. The van der Waals surface area contributed by atoms with Gasteiger partial charge in [0.15, 0.2) is 0 Å². The summed E-state index contributed by atoms with van der Waals surface area (Å²) in [6, 6.07) is 10.7. The molecule has 1 unspecified atom stereocenters. The number of benzene rings is 1. The molecular formula is C20H28N4O. The van der Waals surface area contributed by atoms with E-state index in [4.69, 9.17) is 5.26 Å². The van der Waals surface area contributed by atoms with Crippen LogP contribution >= 0.6 is 0 Å². The molecule has 0 radical (unpaired) electrons. The smallest absolute Gasteiger partial charge is 0.320 e. The van der Waals surface area contributed by atoms with Gasteiger partial charge in [0.25, 0.3) is 0 Å². The lowest BCUT2D eigenvalue weighted by Crippen LogP contribution is -2.39. The van der Waals surface area contributed by atoms with Gasteiger partial charge in [-0.25, -0.2) is 4.79 Å². The Balaban J connectivity index is 1.64. The van der Waals surface area contributed by atoms with Crippen molar-refractivity contribution in [3.05, 3.63) is 29.8 Å². The van der Waals surface area contributed by atoms with Crippen molar-refractivity contribution in [3.63, 3.8) is 0 Å². The lowest BCUT2D eigenvalue weighted by Gasteiger charge is -2.29. The molecule has 2 amide bonds. The maximum atomic E-state index is 12.7. The SMILES string of the molecule is CC(C#N)CN(C(=O)Nc1cccc(C2CCN(C)CC2)c1)C1CC1. The zero-order valence-corrected chi connectivity index (χ0v) is 15.2. The van der Waals surface area contributed by atoms with Crippen LogP contribution in [0.4, 0.5) is 10.5 Å². The number of carbonyl (C=O) groups is 1. The minimum atomic E-state index is -0.142. The Bertz CT molecular complexity index is 641. The first-order chi connectivity index (χ1) is 12.1. The molecule has 2 aliphatic rings. The summed E-state index contributed by atoms with van der Waals surface area (Å²) in [7, 11) is 2.17. The van der Waals surface area contributed by atoms with Crippen molar-refractivity contribution < 1.29 is 4.79 Å². The monoisotopic (exact) mass is 340 g/mol. The lowest BCUT2D eigenvalue weighted by atomic mass is 9.89. The van der Waals surface area contributed by atoms with Crippen LogP contribution in [-0.4, -0.2) is 48.6 Å². The molecule has 1 aliphatic heterocycles. The van der Waals surface area contributed by atoms with Crippen molar-refractivity contribution in [1.29, 1.82) is 5.26 Å². The molecule has 1 atom stereocenters. The van der Waals surface area contributed by atoms with Crippen LogP contribution in [0.25, 0.3) is 0 Å². The molecule has 1 saturated carbocycles. The van der Waals surface area contributed by atoms with E-state index in [2.05, 4.69) is 35.5 Å². The maximum Gasteiger partial charge on any atom is 0.322 e. The van der Waals surface area contributed by atoms with Crippen molar-refractivity contribution in [3.8, 4) is 6.07 Å². The summed E-state index contributed by atoms with van der Waals surface area (Å²) in [5.74, 6) is 0.433. The van der Waals surface area contributed by atoms with E-state index in [1.54, 1.807) is 0 Å². The summed E-state index contributed by atoms with van der Waals surface area (Å²) in [5, 5.41) is 12.1. The predicted octanol–water partition coefficient (Wildman–Crippen LogP) is 3.65. The minimum Gasteiger partial charge on any atom is -0.320 e. The molecule has 1 saturated heterocycles. The van der Waals surface area contributed by atoms with Gasteiger partial charge in [-0.15, -0.1) is 0 Å². The number of nitrogens with zero attached hydrogens (tertiary/aromatic N) is 3. The molecule has 0 bridgehead atoms. The second kappa shape index (κ2) is 7.88. The van der Waals surface area contributed by atoms with Crippen LogP contribution in [0.2, 0.25) is 0 Å². The van der Waals surface area contributed by atoms with Gasteiger partial charge in [-0.2, -0.15) is 5.26 Å². The van der Waals surface area contributed by atoms with Gasteiger partial charge in [0.1, 0.15) is 0 Å². The van der Waals surface area contributed by atoms with E-state index in [9.17, 15) is 4.79 Å². The summed E-state index contributed by atoms with van der Waals surface area (Å²) in [5.41, 5.74) is 2.17. The van der Waals surface area contributed by atoms with E-state index in [0.717, 1.165) is 31.6 Å². The molecule has 1 aliphatic carbocycles. The topological polar surface area (TPSA) is 59.4 Å². The number of hydrogen-bond donors (Lipinski definition) is 1. The fourth-order valence-electron chi connectivity index (χ4n) is 3.53. The molecule has 5 nitrogen and oxygen atoms in total. The fraction of sp³-hybridized carbons (Fsp3) is 0.600. The van der Waals surface area contributed by atoms with Crippen LogP contribution in [0.1, 0.15) is 44.1 Å². The van der Waals surface area contributed by atoms with Crippen LogP contribution in [0.3, 0.4) is 0 Å². The van der Waals surface area contributed by atoms with Crippen LogP contribution in [-0.2, 0) is 0 Å². The molecule has 25 heavy (non-hydrogen) atoms. The van der Waals surface area contributed by atoms with Gasteiger partial charge >= 0.3 is 6.03 Å². The number of hydrogen-bond acceptors (Lipinski definition) is 3. The van der Waals surface area contributed by atoms with E-state index in [-0.39, 0.29) is 11.9 Å². The Morgan fingerprint density at radius 2 is 2.08 bits per heavy atom. The van der Waals surface area contributed by atoms with Crippen molar-refractivity contribution in [1.82, 2.24) is 9.80 Å². The Labute approximate surface area is 150 Å². The third-order valence-electron chi connectivity index (χ3n) is 5.27. The maximum absolute atomic E-state index is 12.7. The highest BCUT2D eigenvalue weighted by molar-refractivity contribution is 5.89. The number of rotatable bonds is 5. The van der Waals surface area contributed by atoms with Gasteiger partial charge in [0.05, 0.1) is 12.0 Å². The number of amides is 2. The van der Waals surface area contributed by atoms with Gasteiger partial charge < -0.3 is 15.1 Å². The first kappa shape index (κ1) is 17.8. The average Bonchev–Trinajstić information content (AvgIpc) is 3.45. The van der Waals surface area contributed by atoms with Gasteiger partial charge in [-0.05, 0) is 76.4 Å². The Morgan fingerprint density at radius 3 is 2.72 bits per heavy atom. The van der Waals surface area contributed by atoms with Crippen LogP contribution in [0.5, 0.6) is 0 Å². The third-order valence-corrected chi connectivity index (χ3v) is 5.27. The van der Waals surface area contributed by atoms with Crippen molar-refractivity contribution in [2.24, 2.45) is 5.92 Å². The van der Waals surface area contributed by atoms with E-state index >= 15 is 0 Å². The highest BCUT2D eigenvalue weighted by Gasteiger charge is 2.33. The summed E-state index contributed by atoms with van der Waals surface area (Å²) in [4.78, 5) is 16.9. The van der Waals surface area contributed by atoms with Gasteiger partial charge in [0.2, 0.25) is 0 Å². The van der Waals surface area contributed by atoms with Gasteiger partial charge in [-0.3, -0.25) is 0 Å². The predicted molar refractivity (Wildman–Crippen MR) is 99.4 cm³/mol. The van der Waals surface area contributed by atoms with Crippen molar-refractivity contribution >= 4 is 11.7 Å². The first-order valence-corrected chi connectivity index (χ1v) is 9.32. The third kappa shape index (κ3) is 4.73. The molecular weight excluding hydrogens is 312 g/mol. The van der Waals surface area contributed by atoms with E-state index in [1.807, 2.05) is 24.0 Å². The number of anilines is 1. The molecule has 3 rings (SSSR count). The molecule has 0 spiro atoms. The average molecular weight is 340 g/mol.